The first-order chi connectivity index (χ1) is 11.8. The van der Waals surface area contributed by atoms with Gasteiger partial charge in [0.25, 0.3) is 11.8 Å². The molecule has 25 heavy (non-hydrogen) atoms. The molecule has 8 heteroatoms. The van der Waals surface area contributed by atoms with Crippen LogP contribution in [0.3, 0.4) is 0 Å². The Kier molecular flexibility index (Phi) is 4.66. The quantitative estimate of drug-likeness (QED) is 0.496. The Morgan fingerprint density at radius 2 is 1.60 bits per heavy atom. The Labute approximate surface area is 160 Å². The SMILES string of the molecule is CN1C(=O)C(=Cc2ccc(-c3cc(Br)ccc3Br)o2)C(=O)N(C)C1=O. The van der Waals surface area contributed by atoms with Crippen molar-refractivity contribution < 1.29 is 18.8 Å². The van der Waals surface area contributed by atoms with Crippen molar-refractivity contribution in [1.82, 2.24) is 9.80 Å². The maximum Gasteiger partial charge on any atom is 0.333 e. The number of carbonyl (C=O) groups is 3. The zero-order valence-corrected chi connectivity index (χ0v) is 16.4. The fraction of sp³-hybridized carbons (Fsp3) is 0.118. The van der Waals surface area contributed by atoms with Crippen LogP contribution >= 0.6 is 31.9 Å². The number of hydrogen-bond acceptors (Lipinski definition) is 4. The lowest BCUT2D eigenvalue weighted by Gasteiger charge is -2.28. The summed E-state index contributed by atoms with van der Waals surface area (Å²) in [6, 6.07) is 8.40. The van der Waals surface area contributed by atoms with Crippen LogP contribution in [0.4, 0.5) is 4.79 Å². The lowest BCUT2D eigenvalue weighted by atomic mass is 10.1. The van der Waals surface area contributed by atoms with Gasteiger partial charge in [0.05, 0.1) is 0 Å². The van der Waals surface area contributed by atoms with E-state index in [1.54, 1.807) is 12.1 Å². The predicted octanol–water partition coefficient (Wildman–Crippen LogP) is 3.91. The molecule has 2 aromatic rings. The van der Waals surface area contributed by atoms with E-state index in [9.17, 15) is 14.4 Å². The second-order valence-corrected chi connectivity index (χ2v) is 7.17. The van der Waals surface area contributed by atoms with Crippen LogP contribution in [0, 0.1) is 0 Å². The van der Waals surface area contributed by atoms with Crippen LogP contribution < -0.4 is 0 Å². The molecular formula is C17H12Br2N2O4. The second-order valence-electron chi connectivity index (χ2n) is 5.40. The van der Waals surface area contributed by atoms with Gasteiger partial charge in [-0.15, -0.1) is 0 Å². The van der Waals surface area contributed by atoms with Crippen LogP contribution in [-0.2, 0) is 9.59 Å². The summed E-state index contributed by atoms with van der Waals surface area (Å²) in [5, 5.41) is 0. The maximum absolute atomic E-state index is 12.2. The average molecular weight is 468 g/mol. The summed E-state index contributed by atoms with van der Waals surface area (Å²) in [4.78, 5) is 37.9. The third-order valence-corrected chi connectivity index (χ3v) is 4.94. The van der Waals surface area contributed by atoms with E-state index in [-0.39, 0.29) is 5.57 Å². The summed E-state index contributed by atoms with van der Waals surface area (Å²) in [5.41, 5.74) is 0.698. The first kappa shape index (κ1) is 17.6. The van der Waals surface area contributed by atoms with E-state index in [4.69, 9.17) is 4.42 Å². The number of halogens is 2. The van der Waals surface area contributed by atoms with Crippen LogP contribution in [0.1, 0.15) is 5.76 Å². The maximum atomic E-state index is 12.2. The lowest BCUT2D eigenvalue weighted by molar-refractivity contribution is -0.134. The van der Waals surface area contributed by atoms with Gasteiger partial charge >= 0.3 is 6.03 Å². The average Bonchev–Trinajstić information content (AvgIpc) is 3.06. The number of hydrogen-bond donors (Lipinski definition) is 0. The van der Waals surface area contributed by atoms with Gasteiger partial charge in [0.15, 0.2) is 0 Å². The Hall–Kier alpha value is -2.19. The molecule has 0 N–H and O–H groups in total. The van der Waals surface area contributed by atoms with Crippen molar-refractivity contribution in [3.63, 3.8) is 0 Å². The minimum Gasteiger partial charge on any atom is -0.457 e. The molecule has 0 unspecified atom stereocenters. The van der Waals surface area contributed by atoms with Gasteiger partial charge in [0.1, 0.15) is 17.1 Å². The minimum absolute atomic E-state index is 0.126. The van der Waals surface area contributed by atoms with Crippen molar-refractivity contribution in [2.75, 3.05) is 14.1 Å². The van der Waals surface area contributed by atoms with Gasteiger partial charge in [-0.2, -0.15) is 0 Å². The molecule has 3 rings (SSSR count). The van der Waals surface area contributed by atoms with Crippen LogP contribution in [-0.4, -0.2) is 41.7 Å². The predicted molar refractivity (Wildman–Crippen MR) is 98.5 cm³/mol. The van der Waals surface area contributed by atoms with E-state index in [1.807, 2.05) is 18.2 Å². The Morgan fingerprint density at radius 3 is 2.24 bits per heavy atom. The number of urea groups is 1. The normalized spacial score (nSPS) is 15.2. The molecule has 0 spiro atoms. The van der Waals surface area contributed by atoms with Gasteiger partial charge in [-0.05, 0) is 36.4 Å². The second kappa shape index (κ2) is 6.61. The molecule has 128 valence electrons. The van der Waals surface area contributed by atoms with Crippen LogP contribution in [0.2, 0.25) is 0 Å². The molecule has 1 fully saturated rings. The monoisotopic (exact) mass is 466 g/mol. The zero-order valence-electron chi connectivity index (χ0n) is 13.2. The van der Waals surface area contributed by atoms with E-state index >= 15 is 0 Å². The van der Waals surface area contributed by atoms with Gasteiger partial charge in [-0.3, -0.25) is 19.4 Å². The first-order valence-electron chi connectivity index (χ1n) is 7.16. The highest BCUT2D eigenvalue weighted by Gasteiger charge is 2.38. The van der Waals surface area contributed by atoms with E-state index in [1.165, 1.54) is 20.2 Å². The summed E-state index contributed by atoms with van der Waals surface area (Å²) in [5.74, 6) is -0.396. The molecule has 0 bridgehead atoms. The van der Waals surface area contributed by atoms with Crippen molar-refractivity contribution in [3.8, 4) is 11.3 Å². The highest BCUT2D eigenvalue weighted by atomic mass is 79.9. The molecule has 1 saturated heterocycles. The highest BCUT2D eigenvalue weighted by Crippen LogP contribution is 2.33. The summed E-state index contributed by atoms with van der Waals surface area (Å²) in [6.45, 7) is 0. The van der Waals surface area contributed by atoms with Crippen molar-refractivity contribution in [2.45, 2.75) is 0 Å². The number of carbonyl (C=O) groups excluding carboxylic acids is 3. The van der Waals surface area contributed by atoms with Crippen molar-refractivity contribution in [3.05, 3.63) is 50.6 Å². The first-order valence-corrected chi connectivity index (χ1v) is 8.75. The van der Waals surface area contributed by atoms with Crippen LogP contribution in [0.15, 0.2) is 49.3 Å². The van der Waals surface area contributed by atoms with Gasteiger partial charge in [0.2, 0.25) is 0 Å². The Morgan fingerprint density at radius 1 is 0.960 bits per heavy atom. The third kappa shape index (κ3) is 3.19. The number of barbiturate groups is 1. The summed E-state index contributed by atoms with van der Waals surface area (Å²) in [7, 11) is 2.65. The standard InChI is InChI=1S/C17H12Br2N2O4/c1-20-15(22)12(16(23)21(2)17(20)24)8-10-4-6-14(25-10)11-7-9(18)3-5-13(11)19/h3-8H,1-2H3. The largest absolute Gasteiger partial charge is 0.457 e. The fourth-order valence-corrected chi connectivity index (χ4v) is 3.18. The number of furan rings is 1. The topological polar surface area (TPSA) is 70.8 Å². The smallest absolute Gasteiger partial charge is 0.333 e. The lowest BCUT2D eigenvalue weighted by Crippen LogP contribution is -2.52. The van der Waals surface area contributed by atoms with Crippen LogP contribution in [0.5, 0.6) is 0 Å². The fourth-order valence-electron chi connectivity index (χ4n) is 2.38. The molecule has 1 aliphatic rings. The van der Waals surface area contributed by atoms with Gasteiger partial charge in [-0.25, -0.2) is 4.79 Å². The number of rotatable bonds is 2. The number of imide groups is 2. The van der Waals surface area contributed by atoms with Gasteiger partial charge in [-0.1, -0.05) is 31.9 Å². The molecule has 1 aliphatic heterocycles. The van der Waals surface area contributed by atoms with Gasteiger partial charge < -0.3 is 4.42 Å². The zero-order chi connectivity index (χ0) is 18.3. The van der Waals surface area contributed by atoms with E-state index in [2.05, 4.69) is 31.9 Å². The number of amides is 4. The third-order valence-electron chi connectivity index (χ3n) is 3.75. The summed E-state index contributed by atoms with van der Waals surface area (Å²) < 4.78 is 7.49. The summed E-state index contributed by atoms with van der Waals surface area (Å²) in [6.07, 6.45) is 1.35. The van der Waals surface area contributed by atoms with Crippen molar-refractivity contribution in [2.24, 2.45) is 0 Å². The van der Waals surface area contributed by atoms with E-state index < -0.39 is 17.8 Å². The van der Waals surface area contributed by atoms with Gasteiger partial charge in [0, 0.05) is 28.6 Å². The van der Waals surface area contributed by atoms with E-state index in [0.717, 1.165) is 24.3 Å². The molecule has 0 aliphatic carbocycles. The molecule has 1 aromatic heterocycles. The molecule has 2 heterocycles. The Bertz CT molecular complexity index is 906. The molecule has 0 radical (unpaired) electrons. The molecule has 0 atom stereocenters. The highest BCUT2D eigenvalue weighted by molar-refractivity contribution is 9.11. The van der Waals surface area contributed by atoms with E-state index in [0.29, 0.717) is 11.5 Å². The Balaban J connectivity index is 1.99. The minimum atomic E-state index is -0.662. The molecule has 6 nitrogen and oxygen atoms in total. The molecule has 1 aromatic carbocycles. The van der Waals surface area contributed by atoms with Crippen molar-refractivity contribution in [1.29, 1.82) is 0 Å². The molecule has 4 amide bonds. The molecule has 0 saturated carbocycles. The number of benzene rings is 1. The molecular weight excluding hydrogens is 456 g/mol. The number of nitrogens with zero attached hydrogens (tertiary/aromatic N) is 2. The van der Waals surface area contributed by atoms with Crippen LogP contribution in [0.25, 0.3) is 17.4 Å². The number of likely N-dealkylation sites (N-methyl/N-ethyl adjacent to an activating group) is 2. The summed E-state index contributed by atoms with van der Waals surface area (Å²) >= 11 is 6.87. The van der Waals surface area contributed by atoms with Crippen molar-refractivity contribution >= 4 is 55.8 Å².